The lowest BCUT2D eigenvalue weighted by Gasteiger charge is -2.35. The zero-order valence-electron chi connectivity index (χ0n) is 31.4. The van der Waals surface area contributed by atoms with E-state index in [-0.39, 0.29) is 17.8 Å². The Balaban J connectivity index is 1.51. The van der Waals surface area contributed by atoms with Gasteiger partial charge in [0, 0.05) is 42.7 Å². The molecule has 1 fully saturated rings. The number of hydrogen-bond acceptors (Lipinski definition) is 8. The van der Waals surface area contributed by atoms with Crippen LogP contribution in [0.5, 0.6) is 6.01 Å². The van der Waals surface area contributed by atoms with Crippen molar-refractivity contribution in [3.05, 3.63) is 65.4 Å². The number of allylic oxidation sites excluding steroid dienone is 2. The Morgan fingerprint density at radius 2 is 1.94 bits per heavy atom. The number of carbonyl (C=O) groups excluding carboxylic acids is 1. The maximum absolute atomic E-state index is 13.0. The van der Waals surface area contributed by atoms with Gasteiger partial charge in [0.1, 0.15) is 11.4 Å². The van der Waals surface area contributed by atoms with Gasteiger partial charge in [-0.25, -0.2) is 0 Å². The summed E-state index contributed by atoms with van der Waals surface area (Å²) in [6, 6.07) is 15.9. The molecule has 2 aromatic carbocycles. The number of nitriles is 1. The molecule has 268 valence electrons. The van der Waals surface area contributed by atoms with E-state index < -0.39 is 5.60 Å². The van der Waals surface area contributed by atoms with E-state index in [9.17, 15) is 10.1 Å². The van der Waals surface area contributed by atoms with Crippen LogP contribution in [0.3, 0.4) is 0 Å². The first kappa shape index (κ1) is 37.1. The summed E-state index contributed by atoms with van der Waals surface area (Å²) in [5, 5.41) is 12.1. The standard InChI is InChI=1S/C42H57N5O3/c1-8-13-32-15-11-18-34(32)28-49-41-44-36-27-46(37-19-12-17-33-16-10-14-31(9-2)38(33)37)25-22-35(36)39(45-41)47(26-29(3)20-23-43)24-21-30(4)40(48)50-42(5,6)7/h8,10,12-14,16-17,19,29-30,32,34H,9,11,15,18,20-22,24-28H2,1-7H3/b13-8+/t29-,30?,32?,34-/m0/s1. The largest absolute Gasteiger partial charge is 0.463 e. The lowest BCUT2D eigenvalue weighted by molar-refractivity contribution is -0.159. The van der Waals surface area contributed by atoms with Crippen molar-refractivity contribution < 1.29 is 14.3 Å². The fraction of sp³-hybridized carbons (Fsp3) is 0.571. The van der Waals surface area contributed by atoms with Gasteiger partial charge in [-0.2, -0.15) is 15.2 Å². The van der Waals surface area contributed by atoms with Gasteiger partial charge in [-0.3, -0.25) is 4.79 Å². The van der Waals surface area contributed by atoms with E-state index in [1.807, 2.05) is 27.7 Å². The molecule has 5 rings (SSSR count). The first-order valence-electron chi connectivity index (χ1n) is 18.8. The zero-order valence-corrected chi connectivity index (χ0v) is 31.4. The van der Waals surface area contributed by atoms with Gasteiger partial charge in [0.2, 0.25) is 0 Å². The molecule has 2 aliphatic rings. The van der Waals surface area contributed by atoms with Crippen molar-refractivity contribution >= 4 is 28.2 Å². The number of nitrogens with zero attached hydrogens (tertiary/aromatic N) is 5. The summed E-state index contributed by atoms with van der Waals surface area (Å²) in [6.07, 6.45) is 10.8. The highest BCUT2D eigenvalue weighted by molar-refractivity contribution is 5.97. The Bertz CT molecular complexity index is 1680. The second-order valence-electron chi connectivity index (χ2n) is 15.4. The molecule has 50 heavy (non-hydrogen) atoms. The quantitative estimate of drug-likeness (QED) is 0.123. The number of esters is 1. The van der Waals surface area contributed by atoms with Crippen molar-refractivity contribution in [2.75, 3.05) is 36.0 Å². The molecule has 0 bridgehead atoms. The minimum Gasteiger partial charge on any atom is -0.463 e. The molecule has 0 spiro atoms. The third kappa shape index (κ3) is 9.15. The second kappa shape index (κ2) is 16.7. The first-order valence-corrected chi connectivity index (χ1v) is 18.8. The number of aryl methyl sites for hydroxylation is 1. The van der Waals surface area contributed by atoms with Crippen LogP contribution in [0.1, 0.15) is 97.4 Å². The molecule has 0 radical (unpaired) electrons. The molecule has 2 heterocycles. The van der Waals surface area contributed by atoms with Crippen LogP contribution >= 0.6 is 0 Å². The van der Waals surface area contributed by atoms with Crippen LogP contribution < -0.4 is 14.5 Å². The predicted molar refractivity (Wildman–Crippen MR) is 202 cm³/mol. The van der Waals surface area contributed by atoms with Gasteiger partial charge in [0.15, 0.2) is 0 Å². The smallest absolute Gasteiger partial charge is 0.318 e. The molecule has 1 aromatic heterocycles. The minimum absolute atomic E-state index is 0.120. The van der Waals surface area contributed by atoms with Crippen LogP contribution in [-0.2, 0) is 28.9 Å². The average molecular weight is 680 g/mol. The summed E-state index contributed by atoms with van der Waals surface area (Å²) in [4.78, 5) is 28.0. The molecule has 0 saturated heterocycles. The van der Waals surface area contributed by atoms with Crippen LogP contribution in [0.2, 0.25) is 0 Å². The van der Waals surface area contributed by atoms with Crippen LogP contribution in [-0.4, -0.2) is 47.8 Å². The maximum Gasteiger partial charge on any atom is 0.318 e. The highest BCUT2D eigenvalue weighted by atomic mass is 16.6. The second-order valence-corrected chi connectivity index (χ2v) is 15.4. The number of hydrogen-bond donors (Lipinski definition) is 0. The van der Waals surface area contributed by atoms with E-state index in [2.05, 4.69) is 85.2 Å². The van der Waals surface area contributed by atoms with Crippen LogP contribution in [0, 0.1) is 35.0 Å². The summed E-state index contributed by atoms with van der Waals surface area (Å²) >= 11 is 0. The Hall–Kier alpha value is -4.12. The molecule has 8 nitrogen and oxygen atoms in total. The van der Waals surface area contributed by atoms with E-state index in [0.717, 1.165) is 42.9 Å². The molecule has 0 N–H and O–H groups in total. The van der Waals surface area contributed by atoms with E-state index >= 15 is 0 Å². The number of benzene rings is 2. The van der Waals surface area contributed by atoms with Gasteiger partial charge < -0.3 is 19.3 Å². The predicted octanol–water partition coefficient (Wildman–Crippen LogP) is 8.85. The normalized spacial score (nSPS) is 18.9. The molecule has 0 amide bonds. The van der Waals surface area contributed by atoms with Gasteiger partial charge in [-0.15, -0.1) is 0 Å². The molecule has 1 aliphatic heterocycles. The molecular formula is C42H57N5O3. The Morgan fingerprint density at radius 3 is 2.66 bits per heavy atom. The summed E-state index contributed by atoms with van der Waals surface area (Å²) in [5.41, 5.74) is 4.16. The van der Waals surface area contributed by atoms with Crippen molar-refractivity contribution in [3.8, 4) is 12.1 Å². The Morgan fingerprint density at radius 1 is 1.16 bits per heavy atom. The van der Waals surface area contributed by atoms with E-state index in [0.29, 0.717) is 56.9 Å². The topological polar surface area (TPSA) is 91.6 Å². The third-order valence-corrected chi connectivity index (χ3v) is 10.2. The van der Waals surface area contributed by atoms with Crippen LogP contribution in [0.4, 0.5) is 11.5 Å². The van der Waals surface area contributed by atoms with Gasteiger partial charge >= 0.3 is 12.0 Å². The third-order valence-electron chi connectivity index (χ3n) is 10.2. The maximum atomic E-state index is 13.0. The monoisotopic (exact) mass is 679 g/mol. The number of fused-ring (bicyclic) bond motifs is 2. The lowest BCUT2D eigenvalue weighted by atomic mass is 9.96. The number of carbonyl (C=O) groups is 1. The molecule has 8 heteroatoms. The van der Waals surface area contributed by atoms with Gasteiger partial charge in [0.05, 0.1) is 30.8 Å². The van der Waals surface area contributed by atoms with E-state index in [1.165, 1.54) is 34.9 Å². The Kier molecular flexibility index (Phi) is 12.4. The summed E-state index contributed by atoms with van der Waals surface area (Å²) < 4.78 is 12.2. The summed E-state index contributed by atoms with van der Waals surface area (Å²) in [5.74, 6) is 1.47. The molecule has 1 saturated carbocycles. The number of rotatable bonds is 14. The fourth-order valence-corrected chi connectivity index (χ4v) is 7.58. The number of anilines is 2. The van der Waals surface area contributed by atoms with E-state index in [1.54, 1.807) is 0 Å². The molecule has 4 atom stereocenters. The molecular weight excluding hydrogens is 622 g/mol. The Labute approximate surface area is 299 Å². The summed E-state index contributed by atoms with van der Waals surface area (Å²) in [7, 11) is 0. The first-order chi connectivity index (χ1) is 24.0. The SMILES string of the molecule is C/C=C/C1CCC[C@H]1COc1nc2c(c(N(CCC(C)C(=O)OC(C)(C)C)C[C@@H](C)CC#N)n1)CCN(c1cccc3cccc(CC)c13)C2. The van der Waals surface area contributed by atoms with Crippen molar-refractivity contribution in [1.29, 1.82) is 5.26 Å². The van der Waals surface area contributed by atoms with Gasteiger partial charge in [-0.05, 0) is 94.6 Å². The number of aromatic nitrogens is 2. The highest BCUT2D eigenvalue weighted by Gasteiger charge is 2.30. The van der Waals surface area contributed by atoms with Gasteiger partial charge in [0.25, 0.3) is 0 Å². The van der Waals surface area contributed by atoms with Crippen molar-refractivity contribution in [1.82, 2.24) is 9.97 Å². The van der Waals surface area contributed by atoms with Crippen molar-refractivity contribution in [2.24, 2.45) is 23.7 Å². The molecule has 1 aliphatic carbocycles. The zero-order chi connectivity index (χ0) is 35.8. The van der Waals surface area contributed by atoms with Crippen LogP contribution in [0.25, 0.3) is 10.8 Å². The fourth-order valence-electron chi connectivity index (χ4n) is 7.58. The lowest BCUT2D eigenvalue weighted by Crippen LogP contribution is -2.37. The minimum atomic E-state index is -0.538. The van der Waals surface area contributed by atoms with Crippen LogP contribution in [0.15, 0.2) is 48.6 Å². The van der Waals surface area contributed by atoms with E-state index in [4.69, 9.17) is 19.4 Å². The molecule has 3 aromatic rings. The highest BCUT2D eigenvalue weighted by Crippen LogP contribution is 2.37. The number of ether oxygens (including phenoxy) is 2. The average Bonchev–Trinajstić information content (AvgIpc) is 3.54. The summed E-state index contributed by atoms with van der Waals surface area (Å²) in [6.45, 7) is 17.4. The van der Waals surface area contributed by atoms with Gasteiger partial charge in [-0.1, -0.05) is 69.7 Å². The molecule has 2 unspecified atom stereocenters. The van der Waals surface area contributed by atoms with Crippen molar-refractivity contribution in [2.45, 2.75) is 106 Å². The van der Waals surface area contributed by atoms with Crippen molar-refractivity contribution in [3.63, 3.8) is 0 Å².